The number of carbonyl (C=O) groups is 1. The van der Waals surface area contributed by atoms with E-state index in [4.69, 9.17) is 0 Å². The molecule has 0 bridgehead atoms. The van der Waals surface area contributed by atoms with Crippen LogP contribution in [0.25, 0.3) is 0 Å². The highest BCUT2D eigenvalue weighted by atomic mass is 32.2. The predicted octanol–water partition coefficient (Wildman–Crippen LogP) is 1.02. The van der Waals surface area contributed by atoms with Crippen LogP contribution < -0.4 is 14.9 Å². The Morgan fingerprint density at radius 1 is 1.20 bits per heavy atom. The van der Waals surface area contributed by atoms with E-state index in [-0.39, 0.29) is 22.9 Å². The summed E-state index contributed by atoms with van der Waals surface area (Å²) in [5.41, 5.74) is 0.616. The molecule has 6 nitrogen and oxygen atoms in total. The molecule has 1 unspecified atom stereocenters. The van der Waals surface area contributed by atoms with Gasteiger partial charge >= 0.3 is 0 Å². The number of rotatable bonds is 6. The highest BCUT2D eigenvalue weighted by molar-refractivity contribution is 7.89. The monoisotopic (exact) mass is 368 g/mol. The van der Waals surface area contributed by atoms with Crippen molar-refractivity contribution < 1.29 is 18.1 Å². The fourth-order valence-corrected chi connectivity index (χ4v) is 4.51. The lowest BCUT2D eigenvalue weighted by Crippen LogP contribution is -3.17. The largest absolute Gasteiger partial charge is 0.325 e. The summed E-state index contributed by atoms with van der Waals surface area (Å²) in [5.74, 6) is 0.622. The molecule has 1 aromatic carbocycles. The number of hydrogen-bond acceptors (Lipinski definition) is 3. The third-order valence-electron chi connectivity index (χ3n) is 4.63. The van der Waals surface area contributed by atoms with E-state index < -0.39 is 10.0 Å². The van der Waals surface area contributed by atoms with Crippen LogP contribution in [0.4, 0.5) is 5.69 Å². The molecule has 0 spiro atoms. The predicted molar refractivity (Wildman–Crippen MR) is 99.1 cm³/mol. The van der Waals surface area contributed by atoms with Gasteiger partial charge in [-0.2, -0.15) is 0 Å². The highest BCUT2D eigenvalue weighted by Crippen LogP contribution is 2.14. The molecule has 1 aliphatic rings. The van der Waals surface area contributed by atoms with Crippen molar-refractivity contribution >= 4 is 21.6 Å². The van der Waals surface area contributed by atoms with Gasteiger partial charge in [0.05, 0.1) is 18.0 Å². The first-order valence-electron chi connectivity index (χ1n) is 8.97. The van der Waals surface area contributed by atoms with Gasteiger partial charge in [-0.15, -0.1) is 0 Å². The Morgan fingerprint density at radius 2 is 1.84 bits per heavy atom. The van der Waals surface area contributed by atoms with Crippen LogP contribution in [0.3, 0.4) is 0 Å². The summed E-state index contributed by atoms with van der Waals surface area (Å²) in [6.07, 6.45) is 2.39. The quantitative estimate of drug-likeness (QED) is 0.701. The van der Waals surface area contributed by atoms with Crippen LogP contribution in [-0.2, 0) is 14.8 Å². The number of quaternary nitrogens is 1. The fraction of sp³-hybridized carbons (Fsp3) is 0.611. The first-order valence-corrected chi connectivity index (χ1v) is 10.4. The molecule has 1 aliphatic heterocycles. The maximum absolute atomic E-state index is 12.5. The van der Waals surface area contributed by atoms with Gasteiger partial charge < -0.3 is 10.2 Å². The Morgan fingerprint density at radius 3 is 2.40 bits per heavy atom. The lowest BCUT2D eigenvalue weighted by atomic mass is 9.99. The minimum atomic E-state index is -3.51. The first kappa shape index (κ1) is 19.9. The minimum Gasteiger partial charge on any atom is -0.325 e. The van der Waals surface area contributed by atoms with Crippen molar-refractivity contribution in [2.75, 3.05) is 18.4 Å². The number of carbonyl (C=O) groups excluding carboxylic acids is 1. The van der Waals surface area contributed by atoms with Crippen molar-refractivity contribution in [3.05, 3.63) is 24.3 Å². The average Bonchev–Trinajstić information content (AvgIpc) is 2.53. The molecular formula is C18H30N3O3S+. The van der Waals surface area contributed by atoms with Crippen molar-refractivity contribution in [2.24, 2.45) is 5.92 Å². The summed E-state index contributed by atoms with van der Waals surface area (Å²) in [6.45, 7) is 9.78. The Kier molecular flexibility index (Phi) is 6.59. The molecule has 2 rings (SSSR count). The Balaban J connectivity index is 1.99. The van der Waals surface area contributed by atoms with Gasteiger partial charge in [0.25, 0.3) is 5.91 Å². The SMILES string of the molecule is CC(C)NS(=O)(=O)c1ccc(NC(=O)[C@H](C)[NH+]2CCC[C@H](C)C2)cc1. The van der Waals surface area contributed by atoms with Crippen LogP contribution in [0.15, 0.2) is 29.2 Å². The Labute approximate surface area is 151 Å². The lowest BCUT2D eigenvalue weighted by molar-refractivity contribution is -0.922. The first-order chi connectivity index (χ1) is 11.7. The second-order valence-electron chi connectivity index (χ2n) is 7.37. The van der Waals surface area contributed by atoms with Crippen LogP contribution in [0.1, 0.15) is 40.5 Å². The van der Waals surface area contributed by atoms with Crippen molar-refractivity contribution in [2.45, 2.75) is 57.5 Å². The molecule has 0 saturated carbocycles. The van der Waals surface area contributed by atoms with E-state index >= 15 is 0 Å². The minimum absolute atomic E-state index is 0.0278. The lowest BCUT2D eigenvalue weighted by Gasteiger charge is -2.31. The molecule has 25 heavy (non-hydrogen) atoms. The number of hydrogen-bond donors (Lipinski definition) is 3. The third-order valence-corrected chi connectivity index (χ3v) is 6.31. The van der Waals surface area contributed by atoms with Gasteiger partial charge in [-0.25, -0.2) is 13.1 Å². The van der Waals surface area contributed by atoms with Crippen molar-refractivity contribution in [1.29, 1.82) is 0 Å². The van der Waals surface area contributed by atoms with Crippen LogP contribution in [0.5, 0.6) is 0 Å². The smallest absolute Gasteiger partial charge is 0.282 e. The van der Waals surface area contributed by atoms with Crippen molar-refractivity contribution in [3.8, 4) is 0 Å². The third kappa shape index (κ3) is 5.52. The molecule has 3 atom stereocenters. The molecule has 1 aromatic rings. The maximum atomic E-state index is 12.5. The average molecular weight is 369 g/mol. The van der Waals surface area contributed by atoms with Crippen molar-refractivity contribution in [3.63, 3.8) is 0 Å². The highest BCUT2D eigenvalue weighted by Gasteiger charge is 2.29. The van der Waals surface area contributed by atoms with E-state index in [1.165, 1.54) is 23.5 Å². The van der Waals surface area contributed by atoms with E-state index in [1.807, 2.05) is 6.92 Å². The molecular weight excluding hydrogens is 338 g/mol. The number of piperidine rings is 1. The van der Waals surface area contributed by atoms with Gasteiger partial charge in [0.15, 0.2) is 6.04 Å². The number of anilines is 1. The molecule has 0 aliphatic carbocycles. The molecule has 1 saturated heterocycles. The van der Waals surface area contributed by atoms with Gasteiger partial charge in [0, 0.05) is 17.6 Å². The van der Waals surface area contributed by atoms with Gasteiger partial charge in [-0.05, 0) is 57.9 Å². The maximum Gasteiger partial charge on any atom is 0.282 e. The molecule has 1 amide bonds. The second kappa shape index (κ2) is 8.29. The molecule has 0 aromatic heterocycles. The Hall–Kier alpha value is -1.44. The van der Waals surface area contributed by atoms with E-state index in [0.29, 0.717) is 11.6 Å². The van der Waals surface area contributed by atoms with Crippen molar-refractivity contribution in [1.82, 2.24) is 4.72 Å². The number of likely N-dealkylation sites (tertiary alicyclic amines) is 1. The van der Waals surface area contributed by atoms with E-state index in [1.54, 1.807) is 26.0 Å². The van der Waals surface area contributed by atoms with Crippen LogP contribution >= 0.6 is 0 Å². The zero-order valence-corrected chi connectivity index (χ0v) is 16.3. The van der Waals surface area contributed by atoms with E-state index in [0.717, 1.165) is 19.5 Å². The number of sulfonamides is 1. The van der Waals surface area contributed by atoms with Crippen LogP contribution in [0.2, 0.25) is 0 Å². The van der Waals surface area contributed by atoms with Gasteiger partial charge in [-0.3, -0.25) is 4.79 Å². The summed E-state index contributed by atoms with van der Waals surface area (Å²) in [7, 11) is -3.51. The zero-order valence-electron chi connectivity index (χ0n) is 15.5. The summed E-state index contributed by atoms with van der Waals surface area (Å²) in [5, 5.41) is 2.90. The van der Waals surface area contributed by atoms with Gasteiger partial charge in [-0.1, -0.05) is 6.92 Å². The summed E-state index contributed by atoms with van der Waals surface area (Å²) in [6, 6.07) is 6.01. The van der Waals surface area contributed by atoms with Crippen LogP contribution in [0, 0.1) is 5.92 Å². The van der Waals surface area contributed by atoms with Gasteiger partial charge in [0.1, 0.15) is 0 Å². The normalized spacial score (nSPS) is 22.6. The molecule has 7 heteroatoms. The van der Waals surface area contributed by atoms with E-state index in [9.17, 15) is 13.2 Å². The zero-order chi connectivity index (χ0) is 18.6. The fourth-order valence-electron chi connectivity index (χ4n) is 3.25. The van der Waals surface area contributed by atoms with Crippen LogP contribution in [-0.4, -0.2) is 39.5 Å². The van der Waals surface area contributed by atoms with E-state index in [2.05, 4.69) is 17.0 Å². The topological polar surface area (TPSA) is 79.7 Å². The standard InChI is InChI=1S/C18H29N3O3S/c1-13(2)20-25(23,24)17-9-7-16(8-10-17)19-18(22)15(4)21-11-5-6-14(3)12-21/h7-10,13-15,20H,5-6,11-12H2,1-4H3,(H,19,22)/p+1/t14-,15-/m0/s1. The molecule has 0 radical (unpaired) electrons. The summed E-state index contributed by atoms with van der Waals surface area (Å²) < 4.78 is 26.8. The molecule has 1 fully saturated rings. The summed E-state index contributed by atoms with van der Waals surface area (Å²) in [4.78, 5) is 14.0. The van der Waals surface area contributed by atoms with Gasteiger partial charge in [0.2, 0.25) is 10.0 Å². The number of amides is 1. The number of benzene rings is 1. The summed E-state index contributed by atoms with van der Waals surface area (Å²) >= 11 is 0. The molecule has 1 heterocycles. The Bertz CT molecular complexity index is 686. The molecule has 140 valence electrons. The second-order valence-corrected chi connectivity index (χ2v) is 9.09. The molecule has 3 N–H and O–H groups in total. The number of nitrogens with one attached hydrogen (secondary N) is 3.